The van der Waals surface area contributed by atoms with Gasteiger partial charge in [0.2, 0.25) is 0 Å². The van der Waals surface area contributed by atoms with Gasteiger partial charge in [0.25, 0.3) is 11.6 Å². The maximum absolute atomic E-state index is 11.6. The van der Waals surface area contributed by atoms with Crippen LogP contribution < -0.4 is 5.32 Å². The molecule has 1 unspecified atom stereocenters. The summed E-state index contributed by atoms with van der Waals surface area (Å²) in [6.45, 7) is 3.74. The van der Waals surface area contributed by atoms with Crippen molar-refractivity contribution in [2.24, 2.45) is 5.92 Å². The number of aliphatic hydroxyl groups excluding tert-OH is 1. The number of nitrogens with one attached hydrogen (secondary N) is 1. The van der Waals surface area contributed by atoms with E-state index in [2.05, 4.69) is 5.32 Å². The number of hydrogen-bond donors (Lipinski definition) is 2. The summed E-state index contributed by atoms with van der Waals surface area (Å²) in [6, 6.07) is 1.28. The summed E-state index contributed by atoms with van der Waals surface area (Å²) >= 11 is 1.09. The van der Waals surface area contributed by atoms with Crippen molar-refractivity contribution in [3.05, 3.63) is 25.9 Å². The minimum absolute atomic E-state index is 0.0100. The molecular formula is C10H14N2O4S. The van der Waals surface area contributed by atoms with Crippen molar-refractivity contribution < 1.29 is 14.8 Å². The predicted octanol–water partition coefficient (Wildman–Crippen LogP) is 1.32. The lowest BCUT2D eigenvalue weighted by Gasteiger charge is -2.07. The second-order valence-electron chi connectivity index (χ2n) is 3.81. The first-order valence-electron chi connectivity index (χ1n) is 5.09. The van der Waals surface area contributed by atoms with Gasteiger partial charge in [0, 0.05) is 19.2 Å². The van der Waals surface area contributed by atoms with E-state index < -0.39 is 4.92 Å². The van der Waals surface area contributed by atoms with Gasteiger partial charge >= 0.3 is 0 Å². The number of aliphatic hydroxyl groups is 1. The van der Waals surface area contributed by atoms with E-state index in [9.17, 15) is 14.9 Å². The van der Waals surface area contributed by atoms with Crippen molar-refractivity contribution in [1.82, 2.24) is 5.32 Å². The first kappa shape index (κ1) is 13.6. The smallest absolute Gasteiger partial charge is 0.283 e. The molecule has 2 N–H and O–H groups in total. The van der Waals surface area contributed by atoms with Gasteiger partial charge in [-0.15, -0.1) is 11.3 Å². The second-order valence-corrected chi connectivity index (χ2v) is 5.06. The number of amides is 1. The molecule has 6 nitrogen and oxygen atoms in total. The zero-order chi connectivity index (χ0) is 13.0. The Balaban J connectivity index is 2.70. The number of aryl methyl sites for hydroxylation is 1. The van der Waals surface area contributed by atoms with E-state index in [4.69, 9.17) is 5.11 Å². The molecule has 1 atom stereocenters. The molecule has 0 aliphatic heterocycles. The first-order valence-corrected chi connectivity index (χ1v) is 5.91. The molecule has 1 amide bonds. The van der Waals surface area contributed by atoms with E-state index in [1.165, 1.54) is 6.07 Å². The van der Waals surface area contributed by atoms with Gasteiger partial charge in [0.05, 0.1) is 14.7 Å². The molecule has 0 radical (unpaired) electrons. The van der Waals surface area contributed by atoms with Crippen LogP contribution in [-0.4, -0.2) is 29.1 Å². The largest absolute Gasteiger partial charge is 0.396 e. The zero-order valence-corrected chi connectivity index (χ0v) is 10.4. The summed E-state index contributed by atoms with van der Waals surface area (Å²) < 4.78 is 0. The number of hydrogen-bond acceptors (Lipinski definition) is 5. The monoisotopic (exact) mass is 258 g/mol. The van der Waals surface area contributed by atoms with Crippen LogP contribution in [-0.2, 0) is 0 Å². The molecular weight excluding hydrogens is 244 g/mol. The zero-order valence-electron chi connectivity index (χ0n) is 9.60. The van der Waals surface area contributed by atoms with Crippen molar-refractivity contribution in [1.29, 1.82) is 0 Å². The van der Waals surface area contributed by atoms with Crippen molar-refractivity contribution in [2.45, 2.75) is 13.8 Å². The minimum Gasteiger partial charge on any atom is -0.396 e. The average Bonchev–Trinajstić information content (AvgIpc) is 2.67. The summed E-state index contributed by atoms with van der Waals surface area (Å²) in [4.78, 5) is 22.6. The van der Waals surface area contributed by atoms with Crippen LogP contribution in [0.1, 0.15) is 21.5 Å². The molecule has 1 heterocycles. The quantitative estimate of drug-likeness (QED) is 0.615. The Kier molecular flexibility index (Phi) is 4.59. The van der Waals surface area contributed by atoms with Crippen molar-refractivity contribution in [2.75, 3.05) is 13.2 Å². The Morgan fingerprint density at radius 3 is 2.82 bits per heavy atom. The molecule has 0 aliphatic rings. The predicted molar refractivity (Wildman–Crippen MR) is 64.3 cm³/mol. The highest BCUT2D eigenvalue weighted by molar-refractivity contribution is 7.14. The van der Waals surface area contributed by atoms with Crippen LogP contribution in [0.5, 0.6) is 0 Å². The molecule has 94 valence electrons. The number of thiophene rings is 1. The Morgan fingerprint density at radius 2 is 2.35 bits per heavy atom. The highest BCUT2D eigenvalue weighted by atomic mass is 32.1. The molecule has 0 aromatic carbocycles. The van der Waals surface area contributed by atoms with Crippen molar-refractivity contribution in [3.63, 3.8) is 0 Å². The fourth-order valence-corrected chi connectivity index (χ4v) is 2.09. The summed E-state index contributed by atoms with van der Waals surface area (Å²) in [5, 5.41) is 22.0. The Bertz CT molecular complexity index is 430. The number of rotatable bonds is 5. The molecule has 1 aromatic rings. The van der Waals surface area contributed by atoms with Crippen molar-refractivity contribution >= 4 is 22.9 Å². The van der Waals surface area contributed by atoms with Crippen LogP contribution in [0.25, 0.3) is 0 Å². The average molecular weight is 258 g/mol. The fraction of sp³-hybridized carbons (Fsp3) is 0.500. The van der Waals surface area contributed by atoms with Gasteiger partial charge in [-0.25, -0.2) is 0 Å². The Labute approximate surface area is 102 Å². The van der Waals surface area contributed by atoms with Crippen LogP contribution in [0.3, 0.4) is 0 Å². The number of nitro groups is 1. The maximum Gasteiger partial charge on any atom is 0.283 e. The van der Waals surface area contributed by atoms with Gasteiger partial charge in [0.1, 0.15) is 0 Å². The second kappa shape index (κ2) is 5.74. The number of nitrogens with zero attached hydrogens (tertiary/aromatic N) is 1. The molecule has 1 aromatic heterocycles. The van der Waals surface area contributed by atoms with Crippen LogP contribution in [0.15, 0.2) is 6.07 Å². The summed E-state index contributed by atoms with van der Waals surface area (Å²) in [6.07, 6.45) is 0. The molecule has 0 fully saturated rings. The number of carbonyl (C=O) groups is 1. The molecule has 0 aliphatic carbocycles. The van der Waals surface area contributed by atoms with Crippen LogP contribution in [0.4, 0.5) is 5.69 Å². The standard InChI is InChI=1S/C10H14N2O4S/c1-6(5-13)4-11-10(14)9-3-8(12(15)16)7(2)17-9/h3,6,13H,4-5H2,1-2H3,(H,11,14). The third-order valence-electron chi connectivity index (χ3n) is 2.23. The topological polar surface area (TPSA) is 92.5 Å². The summed E-state index contributed by atoms with van der Waals surface area (Å²) in [5.41, 5.74) is -0.0321. The third-order valence-corrected chi connectivity index (χ3v) is 3.27. The van der Waals surface area contributed by atoms with E-state index >= 15 is 0 Å². The SMILES string of the molecule is Cc1sc(C(=O)NCC(C)CO)cc1[N+](=O)[O-]. The third kappa shape index (κ3) is 3.50. The highest BCUT2D eigenvalue weighted by Gasteiger charge is 2.19. The summed E-state index contributed by atoms with van der Waals surface area (Å²) in [5.74, 6) is -0.374. The molecule has 0 saturated heterocycles. The molecule has 0 bridgehead atoms. The van der Waals surface area contributed by atoms with Gasteiger partial charge < -0.3 is 10.4 Å². The van der Waals surface area contributed by atoms with Gasteiger partial charge in [-0.2, -0.15) is 0 Å². The van der Waals surface area contributed by atoms with Crippen LogP contribution in [0, 0.1) is 23.0 Å². The lowest BCUT2D eigenvalue weighted by atomic mass is 10.2. The molecule has 1 rings (SSSR count). The molecule has 0 spiro atoms. The van der Waals surface area contributed by atoms with Gasteiger partial charge in [-0.3, -0.25) is 14.9 Å². The lowest BCUT2D eigenvalue weighted by Crippen LogP contribution is -2.28. The molecule has 17 heavy (non-hydrogen) atoms. The van der Waals surface area contributed by atoms with Crippen molar-refractivity contribution in [3.8, 4) is 0 Å². The first-order chi connectivity index (χ1) is 7.95. The van der Waals surface area contributed by atoms with Crippen LogP contribution >= 0.6 is 11.3 Å². The minimum atomic E-state index is -0.501. The van der Waals surface area contributed by atoms with Gasteiger partial charge in [0.15, 0.2) is 0 Å². The van der Waals surface area contributed by atoms with Crippen LogP contribution in [0.2, 0.25) is 0 Å². The van der Waals surface area contributed by atoms with E-state index in [0.717, 1.165) is 11.3 Å². The van der Waals surface area contributed by atoms with Gasteiger partial charge in [-0.05, 0) is 12.8 Å². The molecule has 0 saturated carbocycles. The van der Waals surface area contributed by atoms with E-state index in [1.807, 2.05) is 0 Å². The molecule has 7 heteroatoms. The normalized spacial score (nSPS) is 12.2. The van der Waals surface area contributed by atoms with E-state index in [-0.39, 0.29) is 24.1 Å². The lowest BCUT2D eigenvalue weighted by molar-refractivity contribution is -0.385. The number of carbonyl (C=O) groups excluding carboxylic acids is 1. The fourth-order valence-electron chi connectivity index (χ4n) is 1.18. The van der Waals surface area contributed by atoms with E-state index in [0.29, 0.717) is 16.3 Å². The Morgan fingerprint density at radius 1 is 1.71 bits per heavy atom. The van der Waals surface area contributed by atoms with E-state index in [1.54, 1.807) is 13.8 Å². The maximum atomic E-state index is 11.6. The Hall–Kier alpha value is -1.47. The van der Waals surface area contributed by atoms with Gasteiger partial charge in [-0.1, -0.05) is 6.92 Å². The highest BCUT2D eigenvalue weighted by Crippen LogP contribution is 2.27. The summed E-state index contributed by atoms with van der Waals surface area (Å²) in [7, 11) is 0.